The molecule has 3 rings (SSSR count). The third kappa shape index (κ3) is 5.65. The zero-order chi connectivity index (χ0) is 19.4. The Morgan fingerprint density at radius 2 is 1.85 bits per heavy atom. The van der Waals surface area contributed by atoms with E-state index in [9.17, 15) is 0 Å². The minimum Gasteiger partial charge on any atom is -0.378 e. The van der Waals surface area contributed by atoms with Gasteiger partial charge in [0.05, 0.1) is 13.2 Å². The minimum atomic E-state index is -0.115. The standard InChI is InChI=1S/C19H32N6OS/c1-14-7-5-6-8-25(14)16-13-15(24-9-11-26-12-10-24)20-17(21-16)22-18(27)23-19(2,3)4/h13-14H,5-12H2,1-4H3,(H2,20,21,22,23,27)/t14-/m1/s1. The van der Waals surface area contributed by atoms with Crippen molar-refractivity contribution < 1.29 is 4.74 Å². The molecule has 0 amide bonds. The minimum absolute atomic E-state index is 0.115. The van der Waals surface area contributed by atoms with Crippen LogP contribution in [0.1, 0.15) is 47.0 Å². The monoisotopic (exact) mass is 392 g/mol. The molecule has 3 heterocycles. The first-order valence-electron chi connectivity index (χ1n) is 9.89. The predicted octanol–water partition coefficient (Wildman–Crippen LogP) is 2.78. The maximum absolute atomic E-state index is 5.49. The van der Waals surface area contributed by atoms with E-state index in [1.807, 2.05) is 0 Å². The summed E-state index contributed by atoms with van der Waals surface area (Å²) in [6.45, 7) is 12.7. The van der Waals surface area contributed by atoms with Crippen molar-refractivity contribution in [3.8, 4) is 0 Å². The number of hydrogen-bond acceptors (Lipinski definition) is 6. The average Bonchev–Trinajstić information content (AvgIpc) is 2.61. The number of nitrogens with zero attached hydrogens (tertiary/aromatic N) is 4. The molecule has 2 fully saturated rings. The summed E-state index contributed by atoms with van der Waals surface area (Å²) in [6, 6.07) is 2.59. The summed E-state index contributed by atoms with van der Waals surface area (Å²) >= 11 is 5.46. The second kappa shape index (κ2) is 8.56. The topological polar surface area (TPSA) is 65.6 Å². The van der Waals surface area contributed by atoms with Gasteiger partial charge in [0.25, 0.3) is 0 Å². The SMILES string of the molecule is C[C@@H]1CCCCN1c1cc(N2CCOCC2)nc(NC(=S)NC(C)(C)C)n1. The molecule has 1 aromatic rings. The largest absolute Gasteiger partial charge is 0.378 e. The molecule has 2 N–H and O–H groups in total. The molecule has 27 heavy (non-hydrogen) atoms. The smallest absolute Gasteiger partial charge is 0.232 e. The maximum Gasteiger partial charge on any atom is 0.232 e. The third-order valence-electron chi connectivity index (χ3n) is 4.85. The quantitative estimate of drug-likeness (QED) is 0.762. The molecule has 2 saturated heterocycles. The molecular formula is C19H32N6OS. The summed E-state index contributed by atoms with van der Waals surface area (Å²) in [7, 11) is 0. The number of nitrogens with one attached hydrogen (secondary N) is 2. The van der Waals surface area contributed by atoms with E-state index in [1.54, 1.807) is 0 Å². The van der Waals surface area contributed by atoms with Crippen molar-refractivity contribution >= 4 is 34.9 Å². The van der Waals surface area contributed by atoms with Crippen LogP contribution in [0.15, 0.2) is 6.07 Å². The van der Waals surface area contributed by atoms with Gasteiger partial charge in [0.15, 0.2) is 5.11 Å². The van der Waals surface area contributed by atoms with Gasteiger partial charge in [-0.15, -0.1) is 0 Å². The second-order valence-corrected chi connectivity index (χ2v) is 8.78. The molecule has 7 nitrogen and oxygen atoms in total. The van der Waals surface area contributed by atoms with Crippen molar-refractivity contribution in [2.24, 2.45) is 0 Å². The van der Waals surface area contributed by atoms with Crippen LogP contribution in [0.3, 0.4) is 0 Å². The lowest BCUT2D eigenvalue weighted by Crippen LogP contribution is -2.43. The Morgan fingerprint density at radius 3 is 2.52 bits per heavy atom. The summed E-state index contributed by atoms with van der Waals surface area (Å²) in [5.74, 6) is 2.45. The highest BCUT2D eigenvalue weighted by Crippen LogP contribution is 2.27. The lowest BCUT2D eigenvalue weighted by molar-refractivity contribution is 0.122. The fourth-order valence-corrected chi connectivity index (χ4v) is 3.89. The zero-order valence-electron chi connectivity index (χ0n) is 16.9. The molecule has 0 unspecified atom stereocenters. The van der Waals surface area contributed by atoms with E-state index in [2.05, 4.69) is 54.2 Å². The van der Waals surface area contributed by atoms with Crippen molar-refractivity contribution in [2.45, 2.75) is 58.5 Å². The fraction of sp³-hybridized carbons (Fsp3) is 0.737. The number of morpholine rings is 1. The van der Waals surface area contributed by atoms with Crippen LogP contribution in [0.5, 0.6) is 0 Å². The first-order chi connectivity index (χ1) is 12.8. The first-order valence-corrected chi connectivity index (χ1v) is 10.3. The van der Waals surface area contributed by atoms with Gasteiger partial charge >= 0.3 is 0 Å². The molecule has 8 heteroatoms. The van der Waals surface area contributed by atoms with Crippen molar-refractivity contribution in [1.82, 2.24) is 15.3 Å². The molecule has 0 saturated carbocycles. The number of rotatable bonds is 3. The summed E-state index contributed by atoms with van der Waals surface area (Å²) < 4.78 is 5.49. The summed E-state index contributed by atoms with van der Waals surface area (Å²) in [6.07, 6.45) is 3.68. The lowest BCUT2D eigenvalue weighted by atomic mass is 10.0. The summed E-state index contributed by atoms with van der Waals surface area (Å²) in [5, 5.41) is 6.99. The Kier molecular flexibility index (Phi) is 6.37. The maximum atomic E-state index is 5.49. The Hall–Kier alpha value is -1.67. The first kappa shape index (κ1) is 20.1. The number of aromatic nitrogens is 2. The third-order valence-corrected chi connectivity index (χ3v) is 5.05. The molecule has 0 radical (unpaired) electrons. The number of piperidine rings is 1. The summed E-state index contributed by atoms with van der Waals surface area (Å²) in [4.78, 5) is 14.2. The molecule has 0 aromatic carbocycles. The molecule has 0 bridgehead atoms. The van der Waals surface area contributed by atoms with Crippen LogP contribution in [0.25, 0.3) is 0 Å². The van der Waals surface area contributed by atoms with E-state index < -0.39 is 0 Å². The predicted molar refractivity (Wildman–Crippen MR) is 115 cm³/mol. The van der Waals surface area contributed by atoms with Crippen LogP contribution in [0.2, 0.25) is 0 Å². The Morgan fingerprint density at radius 1 is 1.15 bits per heavy atom. The highest BCUT2D eigenvalue weighted by atomic mass is 32.1. The van der Waals surface area contributed by atoms with Gasteiger partial charge in [0.2, 0.25) is 5.95 Å². The van der Waals surface area contributed by atoms with Crippen LogP contribution in [-0.2, 0) is 4.74 Å². The molecule has 0 spiro atoms. The zero-order valence-corrected chi connectivity index (χ0v) is 17.7. The Bertz CT molecular complexity index is 656. The van der Waals surface area contributed by atoms with E-state index in [0.717, 1.165) is 44.5 Å². The lowest BCUT2D eigenvalue weighted by Gasteiger charge is -2.35. The van der Waals surface area contributed by atoms with Crippen LogP contribution < -0.4 is 20.4 Å². The molecule has 2 aliphatic heterocycles. The second-order valence-electron chi connectivity index (χ2n) is 8.37. The highest BCUT2D eigenvalue weighted by molar-refractivity contribution is 7.80. The number of ether oxygens (including phenoxy) is 1. The van der Waals surface area contributed by atoms with Gasteiger partial charge in [0.1, 0.15) is 11.6 Å². The molecule has 1 aromatic heterocycles. The van der Waals surface area contributed by atoms with Gasteiger partial charge in [-0.25, -0.2) is 0 Å². The number of anilines is 3. The molecular weight excluding hydrogens is 360 g/mol. The van der Waals surface area contributed by atoms with E-state index in [4.69, 9.17) is 26.9 Å². The van der Waals surface area contributed by atoms with Crippen molar-refractivity contribution in [3.05, 3.63) is 6.07 Å². The van der Waals surface area contributed by atoms with E-state index >= 15 is 0 Å². The van der Waals surface area contributed by atoms with Gasteiger partial charge in [-0.2, -0.15) is 9.97 Å². The van der Waals surface area contributed by atoms with Crippen LogP contribution >= 0.6 is 12.2 Å². The highest BCUT2D eigenvalue weighted by Gasteiger charge is 2.23. The van der Waals surface area contributed by atoms with E-state index in [1.165, 1.54) is 19.3 Å². The van der Waals surface area contributed by atoms with E-state index in [0.29, 0.717) is 17.1 Å². The molecule has 2 aliphatic rings. The van der Waals surface area contributed by atoms with Gasteiger partial charge < -0.3 is 25.2 Å². The average molecular weight is 393 g/mol. The molecule has 0 aliphatic carbocycles. The number of hydrogen-bond donors (Lipinski definition) is 2. The van der Waals surface area contributed by atoms with Crippen LogP contribution in [0.4, 0.5) is 17.6 Å². The van der Waals surface area contributed by atoms with Crippen molar-refractivity contribution in [3.63, 3.8) is 0 Å². The van der Waals surface area contributed by atoms with Crippen molar-refractivity contribution in [1.29, 1.82) is 0 Å². The van der Waals surface area contributed by atoms with Crippen molar-refractivity contribution in [2.75, 3.05) is 48.0 Å². The van der Waals surface area contributed by atoms with Gasteiger partial charge in [0, 0.05) is 37.3 Å². The van der Waals surface area contributed by atoms with Crippen LogP contribution in [0, 0.1) is 0 Å². The molecule has 1 atom stereocenters. The van der Waals surface area contributed by atoms with Crippen LogP contribution in [-0.4, -0.2) is 59.5 Å². The Labute approximate surface area is 167 Å². The Balaban J connectivity index is 1.86. The normalized spacial score (nSPS) is 21.1. The number of thiocarbonyl (C=S) groups is 1. The molecule has 150 valence electrons. The van der Waals surface area contributed by atoms with Gasteiger partial charge in [-0.3, -0.25) is 0 Å². The van der Waals surface area contributed by atoms with E-state index in [-0.39, 0.29) is 5.54 Å². The van der Waals surface area contributed by atoms with Gasteiger partial charge in [-0.1, -0.05) is 0 Å². The van der Waals surface area contributed by atoms with Gasteiger partial charge in [-0.05, 0) is 59.2 Å². The summed E-state index contributed by atoms with van der Waals surface area (Å²) in [5.41, 5.74) is -0.115. The fourth-order valence-electron chi connectivity index (χ4n) is 3.49.